The van der Waals surface area contributed by atoms with Gasteiger partial charge < -0.3 is 23.8 Å². The molecule has 0 fully saturated rings. The fourth-order valence-corrected chi connectivity index (χ4v) is 5.49. The van der Waals surface area contributed by atoms with Gasteiger partial charge in [0.1, 0.15) is 12.1 Å². The lowest BCUT2D eigenvalue weighted by molar-refractivity contribution is -0.164. The molecule has 2 aliphatic heterocycles. The Hall–Kier alpha value is -3.33. The average Bonchev–Trinajstić information content (AvgIpc) is 3.63. The van der Waals surface area contributed by atoms with Gasteiger partial charge in [0.05, 0.1) is 35.0 Å². The molecular formula is C24H27ClN2O10S2. The molecule has 4 heterocycles. The maximum Gasteiger partial charge on any atom is 0.396 e. The van der Waals surface area contributed by atoms with Crippen LogP contribution in [0.4, 0.5) is 0 Å². The molecule has 2 aromatic rings. The number of nitrogens with zero attached hydrogens (tertiary/aromatic N) is 1. The van der Waals surface area contributed by atoms with E-state index < -0.39 is 35.1 Å². The van der Waals surface area contributed by atoms with E-state index >= 15 is 0 Å². The molecule has 2 aliphatic rings. The summed E-state index contributed by atoms with van der Waals surface area (Å²) in [6.07, 6.45) is 1.11. The number of halogens is 1. The Balaban J connectivity index is 0.000000230. The molecule has 0 saturated heterocycles. The van der Waals surface area contributed by atoms with Crippen LogP contribution in [0.5, 0.6) is 0 Å². The molecule has 0 spiro atoms. The maximum absolute atomic E-state index is 11.9. The van der Waals surface area contributed by atoms with Gasteiger partial charge in [-0.3, -0.25) is 19.7 Å². The third-order valence-corrected chi connectivity index (χ3v) is 7.70. The first kappa shape index (κ1) is 31.9. The Morgan fingerprint density at radius 1 is 0.821 bits per heavy atom. The summed E-state index contributed by atoms with van der Waals surface area (Å²) in [5, 5.41) is 6.01. The normalized spacial score (nSPS) is 16.9. The first-order valence-corrected chi connectivity index (χ1v) is 13.4. The highest BCUT2D eigenvalue weighted by molar-refractivity contribution is 7.10. The van der Waals surface area contributed by atoms with Crippen molar-refractivity contribution in [1.29, 1.82) is 0 Å². The quantitative estimate of drug-likeness (QED) is 0.233. The second-order valence-electron chi connectivity index (χ2n) is 7.83. The number of nitrogens with one attached hydrogen (secondary N) is 1. The van der Waals surface area contributed by atoms with Gasteiger partial charge in [-0.2, -0.15) is 0 Å². The average molecular weight is 603 g/mol. The molecule has 15 heteroatoms. The summed E-state index contributed by atoms with van der Waals surface area (Å²) >= 11 is 7.84. The smallest absolute Gasteiger partial charge is 0.396 e. The predicted octanol–water partition coefficient (Wildman–Crippen LogP) is 1.21. The van der Waals surface area contributed by atoms with Crippen molar-refractivity contribution in [3.05, 3.63) is 43.8 Å². The Morgan fingerprint density at radius 2 is 1.38 bits per heavy atom. The Kier molecular flexibility index (Phi) is 12.5. The molecule has 0 bridgehead atoms. The number of thiophene rings is 2. The van der Waals surface area contributed by atoms with E-state index in [1.54, 1.807) is 11.3 Å². The summed E-state index contributed by atoms with van der Waals surface area (Å²) < 4.78 is 17.7. The van der Waals surface area contributed by atoms with Crippen LogP contribution in [0, 0.1) is 0 Å². The largest absolute Gasteiger partial charge is 0.468 e. The number of esters is 4. The third-order valence-electron chi connectivity index (χ3n) is 5.64. The van der Waals surface area contributed by atoms with Crippen LogP contribution in [0.15, 0.2) is 22.9 Å². The molecule has 0 radical (unpaired) electrons. The topological polar surface area (TPSA) is 155 Å². The molecule has 212 valence electrons. The van der Waals surface area contributed by atoms with Crippen LogP contribution in [0.25, 0.3) is 0 Å². The molecule has 4 rings (SSSR count). The van der Waals surface area contributed by atoms with Crippen LogP contribution in [-0.4, -0.2) is 80.4 Å². The summed E-state index contributed by atoms with van der Waals surface area (Å²) in [4.78, 5) is 69.3. The molecule has 2 atom stereocenters. The highest BCUT2D eigenvalue weighted by atomic mass is 35.5. The monoisotopic (exact) mass is 602 g/mol. The Morgan fingerprint density at radius 3 is 1.90 bits per heavy atom. The predicted molar refractivity (Wildman–Crippen MR) is 140 cm³/mol. The number of fused-ring (bicyclic) bond motifs is 2. The first-order valence-electron chi connectivity index (χ1n) is 11.2. The van der Waals surface area contributed by atoms with Crippen molar-refractivity contribution in [1.82, 2.24) is 10.2 Å². The van der Waals surface area contributed by atoms with Gasteiger partial charge in [-0.05, 0) is 52.0 Å². The number of carbonyl (C=O) groups is 6. The maximum atomic E-state index is 11.9. The second-order valence-corrected chi connectivity index (χ2v) is 10.2. The van der Waals surface area contributed by atoms with Crippen molar-refractivity contribution in [2.24, 2.45) is 0 Å². The van der Waals surface area contributed by atoms with E-state index in [-0.39, 0.29) is 18.6 Å². The van der Waals surface area contributed by atoms with E-state index in [1.807, 2.05) is 11.4 Å². The van der Waals surface area contributed by atoms with E-state index in [0.717, 1.165) is 37.6 Å². The number of rotatable bonds is 3. The highest BCUT2D eigenvalue weighted by Crippen LogP contribution is 2.28. The van der Waals surface area contributed by atoms with Gasteiger partial charge in [-0.15, -0.1) is 22.7 Å². The number of methoxy groups -OCH3 is 4. The Bertz CT molecular complexity index is 1210. The van der Waals surface area contributed by atoms with Crippen molar-refractivity contribution >= 4 is 69.3 Å². The zero-order valence-corrected chi connectivity index (χ0v) is 23.9. The minimum atomic E-state index is -1.09. The number of hydrogen-bond acceptors (Lipinski definition) is 13. The lowest BCUT2D eigenvalue weighted by Crippen LogP contribution is -2.51. The number of amides is 1. The zero-order valence-electron chi connectivity index (χ0n) is 21.5. The van der Waals surface area contributed by atoms with Gasteiger partial charge in [0.25, 0.3) is 0 Å². The van der Waals surface area contributed by atoms with E-state index in [9.17, 15) is 28.8 Å². The van der Waals surface area contributed by atoms with Gasteiger partial charge in [-0.25, -0.2) is 14.4 Å². The lowest BCUT2D eigenvalue weighted by Gasteiger charge is -2.32. The molecule has 1 amide bonds. The third kappa shape index (κ3) is 8.58. The summed E-state index contributed by atoms with van der Waals surface area (Å²) in [6.45, 7) is 1.01. The SMILES string of the molecule is COC(=O)C(=O)Cl.COC(=O)C(=O)N1Cc2sccc2CC1C(=O)OC.COC(=O)C1Cc2ccsc2CN1. The van der Waals surface area contributed by atoms with Crippen LogP contribution >= 0.6 is 34.3 Å². The number of hydrogen-bond donors (Lipinski definition) is 1. The standard InChI is InChI=1S/C12H13NO5S.C9H11NO2S.C3H3ClO3/c1-17-11(15)8-5-7-3-4-19-9(7)6-13(8)10(14)12(16)18-2;1-12-9(11)7-4-6-2-3-13-8(6)5-10-7;1-7-3(6)2(4)5/h3-4,8H,5-6H2,1-2H3;2-3,7,10H,4-5H2,1H3;1H3. The lowest BCUT2D eigenvalue weighted by atomic mass is 10.0. The minimum Gasteiger partial charge on any atom is -0.468 e. The van der Waals surface area contributed by atoms with Crippen molar-refractivity contribution in [3.63, 3.8) is 0 Å². The van der Waals surface area contributed by atoms with E-state index in [4.69, 9.17) is 4.74 Å². The van der Waals surface area contributed by atoms with Gasteiger partial charge in [0.2, 0.25) is 0 Å². The van der Waals surface area contributed by atoms with Gasteiger partial charge >= 0.3 is 35.0 Å². The molecule has 12 nitrogen and oxygen atoms in total. The fraction of sp³-hybridized carbons (Fsp3) is 0.417. The molecular weight excluding hydrogens is 576 g/mol. The van der Waals surface area contributed by atoms with Crippen LogP contribution in [0.1, 0.15) is 20.9 Å². The van der Waals surface area contributed by atoms with Crippen LogP contribution in [0.3, 0.4) is 0 Å². The van der Waals surface area contributed by atoms with Crippen molar-refractivity contribution in [2.75, 3.05) is 28.4 Å². The highest BCUT2D eigenvalue weighted by Gasteiger charge is 2.38. The number of carbonyl (C=O) groups excluding carboxylic acids is 6. The molecule has 0 saturated carbocycles. The zero-order chi connectivity index (χ0) is 29.1. The molecule has 2 aromatic heterocycles. The molecule has 2 unspecified atom stereocenters. The van der Waals surface area contributed by atoms with Gasteiger partial charge in [0.15, 0.2) is 0 Å². The molecule has 1 N–H and O–H groups in total. The summed E-state index contributed by atoms with van der Waals surface area (Å²) in [6, 6.07) is 3.05. The van der Waals surface area contributed by atoms with E-state index in [0.29, 0.717) is 6.42 Å². The number of ether oxygens (including phenoxy) is 4. The Labute approximate surface area is 237 Å². The van der Waals surface area contributed by atoms with Gasteiger partial charge in [-0.1, -0.05) is 0 Å². The molecule has 0 aromatic carbocycles. The summed E-state index contributed by atoms with van der Waals surface area (Å²) in [7, 11) is 4.90. The van der Waals surface area contributed by atoms with Crippen molar-refractivity contribution in [3.8, 4) is 0 Å². The first-order chi connectivity index (χ1) is 18.6. The van der Waals surface area contributed by atoms with Crippen LogP contribution in [0.2, 0.25) is 0 Å². The van der Waals surface area contributed by atoms with Crippen LogP contribution in [-0.2, 0) is 73.6 Å². The van der Waals surface area contributed by atoms with Crippen molar-refractivity contribution < 1.29 is 47.7 Å². The molecule has 0 aliphatic carbocycles. The summed E-state index contributed by atoms with van der Waals surface area (Å²) in [5.74, 6) is -3.53. The van der Waals surface area contributed by atoms with E-state index in [2.05, 4.69) is 42.6 Å². The van der Waals surface area contributed by atoms with Gasteiger partial charge in [0, 0.05) is 22.7 Å². The fourth-order valence-electron chi connectivity index (χ4n) is 3.64. The van der Waals surface area contributed by atoms with Crippen LogP contribution < -0.4 is 5.32 Å². The second kappa shape index (κ2) is 15.3. The summed E-state index contributed by atoms with van der Waals surface area (Å²) in [5.41, 5.74) is 2.29. The van der Waals surface area contributed by atoms with Crippen molar-refractivity contribution in [2.45, 2.75) is 38.0 Å². The minimum absolute atomic E-state index is 0.160. The molecule has 39 heavy (non-hydrogen) atoms. The van der Waals surface area contributed by atoms with E-state index in [1.165, 1.54) is 40.9 Å².